The zero-order valence-corrected chi connectivity index (χ0v) is 33.2. The molecule has 0 aromatic carbocycles. The van der Waals surface area contributed by atoms with Gasteiger partial charge in [0.25, 0.3) is 0 Å². The van der Waals surface area contributed by atoms with Gasteiger partial charge in [0.1, 0.15) is 39.6 Å². The van der Waals surface area contributed by atoms with E-state index in [0.29, 0.717) is 46.2 Å². The third-order valence-electron chi connectivity index (χ3n) is 5.66. The summed E-state index contributed by atoms with van der Waals surface area (Å²) in [6, 6.07) is 0. The summed E-state index contributed by atoms with van der Waals surface area (Å²) in [6.45, 7) is 4.56. The second-order valence-electron chi connectivity index (χ2n) is 10.3. The highest BCUT2D eigenvalue weighted by Crippen LogP contribution is 1.89. The van der Waals surface area contributed by atoms with Gasteiger partial charge in [0.05, 0.1) is 118 Å². The van der Waals surface area contributed by atoms with Crippen molar-refractivity contribution < 1.29 is 95.5 Å². The molecule has 0 aliphatic rings. The summed E-state index contributed by atoms with van der Waals surface area (Å²) in [4.78, 5) is 75.2. The first-order valence-corrected chi connectivity index (χ1v) is 18.0. The average Bonchev–Trinajstić information content (AvgIpc) is 3.22. The minimum Gasteiger partial charge on any atom is -0.481 e. The summed E-state index contributed by atoms with van der Waals surface area (Å²) >= 11 is 0. The van der Waals surface area contributed by atoms with Gasteiger partial charge < -0.3 is 90.2 Å². The van der Waals surface area contributed by atoms with Gasteiger partial charge in [0, 0.05) is 13.5 Å². The smallest absolute Gasteiger partial charge is 0.325 e. The summed E-state index contributed by atoms with van der Waals surface area (Å²) in [6.07, 6.45) is -0.497. The van der Waals surface area contributed by atoms with E-state index in [4.69, 9.17) is 65.9 Å². The first-order chi connectivity index (χ1) is 28.0. The molecule has 0 rings (SSSR count). The minimum atomic E-state index is -1.09. The van der Waals surface area contributed by atoms with E-state index in [9.17, 15) is 33.6 Å². The van der Waals surface area contributed by atoms with Gasteiger partial charge in [0.2, 0.25) is 5.91 Å². The predicted molar refractivity (Wildman–Crippen MR) is 198 cm³/mol. The van der Waals surface area contributed by atoms with E-state index in [0.717, 1.165) is 0 Å². The second kappa shape index (κ2) is 47.2. The third-order valence-corrected chi connectivity index (χ3v) is 5.66. The summed E-state index contributed by atoms with van der Waals surface area (Å²) < 4.78 is 59.1. The van der Waals surface area contributed by atoms with Gasteiger partial charge >= 0.3 is 35.8 Å². The lowest BCUT2D eigenvalue weighted by molar-refractivity contribution is -0.146. The highest BCUT2D eigenvalue weighted by atomic mass is 16.6. The van der Waals surface area contributed by atoms with Gasteiger partial charge in [-0.05, 0) is 0 Å². The standard InChI is InChI=1S/C14H24N2O9.C10H20N2O6.C9H19NO5/c15-9-13(20)24-7-5-22-3-4-23-6-8-25-14(21)10-16-11(17)1-2-12(18)19;11-7-9(13)17-5-3-15-1-2-16-4-6-18-10(14)8-12;1-12-2-3-13-4-5-14-6-7-15-9(11)8-10/h1-10,15H2,(H,16,17)(H,18,19);1-8,11-12H2;2-8,10H2,1H3. The Morgan fingerprint density at radius 1 is 0.397 bits per heavy atom. The number of carboxylic acids is 1. The van der Waals surface area contributed by atoms with Crippen LogP contribution in [0, 0.1) is 0 Å². The van der Waals surface area contributed by atoms with Crippen LogP contribution in [0.5, 0.6) is 0 Å². The van der Waals surface area contributed by atoms with Crippen molar-refractivity contribution in [1.82, 2.24) is 5.32 Å². The van der Waals surface area contributed by atoms with Crippen LogP contribution in [0.4, 0.5) is 0 Å². The van der Waals surface area contributed by atoms with E-state index >= 15 is 0 Å². The summed E-state index contributed by atoms with van der Waals surface area (Å²) in [5.74, 6) is -4.12. The molecule has 0 radical (unpaired) electrons. The highest BCUT2D eigenvalue weighted by Gasteiger charge is 2.08. The molecule has 0 spiro atoms. The molecule has 1 amide bonds. The van der Waals surface area contributed by atoms with Crippen molar-refractivity contribution in [3.8, 4) is 0 Å². The first kappa shape index (κ1) is 58.2. The lowest BCUT2D eigenvalue weighted by atomic mass is 10.3. The monoisotopic (exact) mass is 849 g/mol. The molecule has 10 N–H and O–H groups in total. The van der Waals surface area contributed by atoms with Gasteiger partial charge in [-0.2, -0.15) is 0 Å². The van der Waals surface area contributed by atoms with Crippen LogP contribution >= 0.6 is 0 Å². The molecule has 0 saturated heterocycles. The molecule has 0 saturated carbocycles. The Kier molecular flexibility index (Phi) is 47.4. The maximum absolute atomic E-state index is 11.3. The first-order valence-electron chi connectivity index (χ1n) is 18.0. The number of methoxy groups -OCH3 is 1. The Morgan fingerprint density at radius 3 is 0.914 bits per heavy atom. The van der Waals surface area contributed by atoms with Crippen molar-refractivity contribution in [2.45, 2.75) is 12.8 Å². The van der Waals surface area contributed by atoms with Gasteiger partial charge in [-0.25, -0.2) is 0 Å². The third kappa shape index (κ3) is 51.9. The van der Waals surface area contributed by atoms with Crippen molar-refractivity contribution in [2.75, 3.05) is 159 Å². The number of hydrogen-bond acceptors (Lipinski definition) is 23. The zero-order chi connectivity index (χ0) is 43.9. The van der Waals surface area contributed by atoms with Crippen molar-refractivity contribution in [2.24, 2.45) is 22.9 Å². The number of esters is 5. The molecule has 0 aromatic rings. The minimum absolute atomic E-state index is 0.0118. The number of nitrogens with two attached hydrogens (primary N) is 4. The number of carbonyl (C=O) groups is 7. The fraction of sp³-hybridized carbons (Fsp3) is 0.788. The quantitative estimate of drug-likeness (QED) is 0.0196. The van der Waals surface area contributed by atoms with E-state index in [-0.39, 0.29) is 118 Å². The maximum Gasteiger partial charge on any atom is 0.325 e. The zero-order valence-electron chi connectivity index (χ0n) is 33.2. The number of rotatable bonds is 36. The van der Waals surface area contributed by atoms with E-state index in [1.807, 2.05) is 0 Å². The molecule has 25 heteroatoms. The van der Waals surface area contributed by atoms with Crippen molar-refractivity contribution >= 4 is 41.7 Å². The molecule has 0 bridgehead atoms. The molecular formula is C33H63N5O20. The molecule has 0 fully saturated rings. The molecule has 58 heavy (non-hydrogen) atoms. The van der Waals surface area contributed by atoms with Gasteiger partial charge in [-0.3, -0.25) is 33.6 Å². The van der Waals surface area contributed by atoms with Crippen LogP contribution < -0.4 is 28.3 Å². The topological polar surface area (TPSA) is 367 Å². The number of hydrogen-bond donors (Lipinski definition) is 6. The summed E-state index contributed by atoms with van der Waals surface area (Å²) in [5.41, 5.74) is 20.1. The summed E-state index contributed by atoms with van der Waals surface area (Å²) in [7, 11) is 1.62. The van der Waals surface area contributed by atoms with Crippen LogP contribution in [0.15, 0.2) is 0 Å². The fourth-order valence-corrected chi connectivity index (χ4v) is 2.95. The molecule has 0 aliphatic heterocycles. The molecule has 0 atom stereocenters. The van der Waals surface area contributed by atoms with Crippen LogP contribution in [-0.4, -0.2) is 206 Å². The van der Waals surface area contributed by atoms with Gasteiger partial charge in [0.15, 0.2) is 0 Å². The summed E-state index contributed by atoms with van der Waals surface area (Å²) in [5, 5.41) is 10.7. The molecule has 0 aliphatic carbocycles. The van der Waals surface area contributed by atoms with Crippen LogP contribution in [-0.2, 0) is 90.4 Å². The normalized spacial score (nSPS) is 10.2. The van der Waals surface area contributed by atoms with E-state index < -0.39 is 41.7 Å². The molecule has 340 valence electrons. The lowest BCUT2D eigenvalue weighted by Gasteiger charge is -2.08. The Morgan fingerprint density at radius 2 is 0.655 bits per heavy atom. The number of ether oxygens (including phenoxy) is 12. The van der Waals surface area contributed by atoms with E-state index in [1.54, 1.807) is 7.11 Å². The number of carboxylic acid groups (broad SMARTS) is 1. The Labute approximate surface area is 337 Å². The van der Waals surface area contributed by atoms with E-state index in [2.05, 4.69) is 24.3 Å². The maximum atomic E-state index is 11.3. The average molecular weight is 850 g/mol. The second-order valence-corrected chi connectivity index (χ2v) is 10.3. The number of amides is 1. The van der Waals surface area contributed by atoms with Crippen molar-refractivity contribution in [3.63, 3.8) is 0 Å². The van der Waals surface area contributed by atoms with Crippen LogP contribution in [0.2, 0.25) is 0 Å². The number of nitrogens with one attached hydrogen (secondary N) is 1. The van der Waals surface area contributed by atoms with Crippen LogP contribution in [0.25, 0.3) is 0 Å². The largest absolute Gasteiger partial charge is 0.481 e. The lowest BCUT2D eigenvalue weighted by Crippen LogP contribution is -2.31. The molecule has 0 heterocycles. The molecule has 0 aromatic heterocycles. The van der Waals surface area contributed by atoms with Crippen LogP contribution in [0.1, 0.15) is 12.8 Å². The van der Waals surface area contributed by atoms with Crippen LogP contribution in [0.3, 0.4) is 0 Å². The number of aliphatic carboxylic acids is 1. The molecule has 25 nitrogen and oxygen atoms in total. The molecule has 0 unspecified atom stereocenters. The molecular weight excluding hydrogens is 786 g/mol. The van der Waals surface area contributed by atoms with E-state index in [1.165, 1.54) is 0 Å². The SMILES string of the molecule is COCCOCCOCCOC(=O)CN.NCC(=O)OCCOCCOCCOC(=O)CN.NCC(=O)OCCOCCOCCOC(=O)CNC(=O)CCC(=O)O. The Balaban J connectivity index is -0.000000813. The fourth-order valence-electron chi connectivity index (χ4n) is 2.95. The van der Waals surface area contributed by atoms with Crippen molar-refractivity contribution in [3.05, 3.63) is 0 Å². The van der Waals surface area contributed by atoms with Gasteiger partial charge in [-0.1, -0.05) is 0 Å². The Bertz CT molecular complexity index is 1030. The highest BCUT2D eigenvalue weighted by molar-refractivity contribution is 5.84. The predicted octanol–water partition coefficient (Wildman–Crippen LogP) is -4.76. The van der Waals surface area contributed by atoms with Crippen molar-refractivity contribution in [1.29, 1.82) is 0 Å². The Hall–Kier alpha value is -4.15. The van der Waals surface area contributed by atoms with Gasteiger partial charge in [-0.15, -0.1) is 0 Å². The number of carbonyl (C=O) groups excluding carboxylic acids is 6.